The van der Waals surface area contributed by atoms with Crippen LogP contribution in [0.15, 0.2) is 11.6 Å². The Morgan fingerprint density at radius 2 is 1.52 bits per heavy atom. The van der Waals surface area contributed by atoms with Crippen molar-refractivity contribution in [2.75, 3.05) is 26.2 Å². The number of aliphatic hydroxyl groups is 4. The third-order valence-corrected chi connectivity index (χ3v) is 3.00. The van der Waals surface area contributed by atoms with Gasteiger partial charge in [0.05, 0.1) is 0 Å². The van der Waals surface area contributed by atoms with Crippen molar-refractivity contribution in [3.05, 3.63) is 34.6 Å². The Balaban J connectivity index is -0.0000000405. The zero-order valence-electron chi connectivity index (χ0n) is 14.9. The van der Waals surface area contributed by atoms with Gasteiger partial charge in [-0.3, -0.25) is 0 Å². The summed E-state index contributed by atoms with van der Waals surface area (Å²) in [7, 11) is 0. The molecule has 25 heavy (non-hydrogen) atoms. The van der Waals surface area contributed by atoms with Crippen LogP contribution >= 0.6 is 0 Å². The molecule has 0 aliphatic carbocycles. The average Bonchev–Trinajstić information content (AvgIpc) is 2.41. The SMILES string of the molecule is O.OC(O)C1=CCC[N-]C1.OC(O)C1CCC[N-]C1.[Cd+2].[Cd].[Cd].[Cd].[NH2-].[NH2-]. The summed E-state index contributed by atoms with van der Waals surface area (Å²) in [4.78, 5) is 0. The van der Waals surface area contributed by atoms with Crippen LogP contribution in [0.1, 0.15) is 19.3 Å². The van der Waals surface area contributed by atoms with Crippen LogP contribution in [0.3, 0.4) is 0 Å². The Hall–Kier alpha value is 3.07. The van der Waals surface area contributed by atoms with E-state index in [-0.39, 0.29) is 133 Å². The van der Waals surface area contributed by atoms with Gasteiger partial charge in [-0.1, -0.05) is 18.9 Å². The molecule has 13 heteroatoms. The van der Waals surface area contributed by atoms with E-state index in [0.717, 1.165) is 32.4 Å². The molecule has 0 amide bonds. The van der Waals surface area contributed by atoms with E-state index in [4.69, 9.17) is 20.4 Å². The molecule has 2 aliphatic rings. The maximum absolute atomic E-state index is 8.67. The molecule has 2 aliphatic heterocycles. The van der Waals surface area contributed by atoms with Crippen LogP contribution < -0.4 is 0 Å². The number of nitrogens with two attached hydrogens (primary N) is 2. The minimum Gasteiger partial charge on any atom is -0.693 e. The predicted octanol–water partition coefficient (Wildman–Crippen LogP) is 0.681. The zero-order chi connectivity index (χ0) is 13.4. The number of aliphatic hydroxyl groups excluding tert-OH is 2. The van der Waals surface area contributed by atoms with Crippen molar-refractivity contribution in [1.29, 1.82) is 0 Å². The van der Waals surface area contributed by atoms with E-state index in [0.29, 0.717) is 18.7 Å². The number of hydrogen-bond donors (Lipinski definition) is 4. The Morgan fingerprint density at radius 3 is 1.76 bits per heavy atom. The van der Waals surface area contributed by atoms with Gasteiger partial charge < -0.3 is 48.8 Å². The molecule has 9 nitrogen and oxygen atoms in total. The van der Waals surface area contributed by atoms with Gasteiger partial charge in [-0.15, -0.1) is 26.2 Å². The van der Waals surface area contributed by atoms with Crippen LogP contribution in [-0.4, -0.2) is 64.7 Å². The number of rotatable bonds is 2. The molecule has 1 atom stereocenters. The molecule has 10 N–H and O–H groups in total. The van der Waals surface area contributed by atoms with Gasteiger partial charge in [-0.2, -0.15) is 0 Å². The Kier molecular flexibility index (Phi) is 54.2. The molecule has 0 spiro atoms. The smallest absolute Gasteiger partial charge is 0.693 e. The zero-order valence-corrected chi connectivity index (χ0v) is 31.1. The van der Waals surface area contributed by atoms with Crippen molar-refractivity contribution in [2.24, 2.45) is 5.92 Å². The number of hydrogen-bond acceptors (Lipinski definition) is 4. The summed E-state index contributed by atoms with van der Waals surface area (Å²) in [5.74, 6) is -0.00116. The second-order valence-electron chi connectivity index (χ2n) is 4.49. The summed E-state index contributed by atoms with van der Waals surface area (Å²) < 4.78 is 0. The van der Waals surface area contributed by atoms with Crippen LogP contribution in [0.5, 0.6) is 0 Å². The van der Waals surface area contributed by atoms with Crippen LogP contribution in [-0.2, 0) is 109 Å². The molecule has 0 radical (unpaired) electrons. The first kappa shape index (κ1) is 46.3. The van der Waals surface area contributed by atoms with Crippen molar-refractivity contribution in [3.8, 4) is 0 Å². The summed E-state index contributed by atoms with van der Waals surface area (Å²) in [6.45, 7) is 2.81. The van der Waals surface area contributed by atoms with Gasteiger partial charge in [0.1, 0.15) is 0 Å². The molecule has 1 fully saturated rings. The first-order chi connectivity index (χ1) is 8.61. The standard InChI is InChI=1S/C6H12NO2.C6H10NO2.4Cd.2H2N.H2O/c2*8-6(9)5-2-1-3-7-4-5;;;;;;;/h5-6,8-9H,1-4H2;2,6,8-9H,1,3-4H2;;;;;3*1H2/q2*-1;;;;+2;2*-1;. The Labute approximate surface area is 230 Å². The monoisotopic (exact) mass is 764 g/mol. The van der Waals surface area contributed by atoms with E-state index in [1.165, 1.54) is 0 Å². The minimum atomic E-state index is -1.30. The third kappa shape index (κ3) is 23.2. The van der Waals surface area contributed by atoms with E-state index < -0.39 is 12.6 Å². The van der Waals surface area contributed by atoms with Crippen LogP contribution in [0.25, 0.3) is 22.9 Å². The van der Waals surface area contributed by atoms with E-state index >= 15 is 0 Å². The molecule has 0 aromatic carbocycles. The number of piperidine rings is 1. The van der Waals surface area contributed by atoms with Crippen LogP contribution in [0.2, 0.25) is 0 Å². The van der Waals surface area contributed by atoms with Crippen molar-refractivity contribution >= 4 is 0 Å². The fraction of sp³-hybridized carbons (Fsp3) is 0.833. The maximum atomic E-state index is 8.67. The molecule has 0 aromatic rings. The van der Waals surface area contributed by atoms with Crippen LogP contribution in [0, 0.1) is 5.92 Å². The van der Waals surface area contributed by atoms with Gasteiger partial charge in [0, 0.05) is 81.9 Å². The second kappa shape index (κ2) is 29.3. The Morgan fingerprint density at radius 1 is 0.960 bits per heavy atom. The molecule has 1 saturated heterocycles. The summed E-state index contributed by atoms with van der Waals surface area (Å²) in [5, 5.41) is 42.6. The van der Waals surface area contributed by atoms with Gasteiger partial charge in [0.25, 0.3) is 0 Å². The minimum absolute atomic E-state index is 0. The first-order valence-electron chi connectivity index (χ1n) is 6.29. The van der Waals surface area contributed by atoms with Gasteiger partial charge in [0.15, 0.2) is 12.6 Å². The summed E-state index contributed by atoms with van der Waals surface area (Å²) in [6, 6.07) is 0. The van der Waals surface area contributed by atoms with Crippen molar-refractivity contribution in [3.63, 3.8) is 0 Å². The van der Waals surface area contributed by atoms with Crippen molar-refractivity contribution in [2.45, 2.75) is 31.8 Å². The summed E-state index contributed by atoms with van der Waals surface area (Å²) in [6.07, 6.45) is 2.12. The molecular weight excluding hydrogens is 730 g/mol. The van der Waals surface area contributed by atoms with Gasteiger partial charge in [-0.05, 0) is 17.9 Å². The first-order valence-corrected chi connectivity index (χ1v) is 6.29. The predicted molar refractivity (Wildman–Crippen MR) is 82.2 cm³/mol. The fourth-order valence-corrected chi connectivity index (χ4v) is 1.86. The van der Waals surface area contributed by atoms with E-state index in [9.17, 15) is 0 Å². The molecule has 136 valence electrons. The normalized spacial score (nSPS) is 17.7. The third-order valence-electron chi connectivity index (χ3n) is 3.00. The van der Waals surface area contributed by atoms with E-state index in [1.54, 1.807) is 0 Å². The van der Waals surface area contributed by atoms with Crippen molar-refractivity contribution < 1.29 is 135 Å². The second-order valence-corrected chi connectivity index (χ2v) is 4.49. The molecule has 0 bridgehead atoms. The number of nitrogens with zero attached hydrogens (tertiary/aromatic N) is 2. The van der Waals surface area contributed by atoms with Crippen LogP contribution in [0.4, 0.5) is 0 Å². The molecule has 1 unspecified atom stereocenters. The van der Waals surface area contributed by atoms with E-state index in [1.807, 2.05) is 6.08 Å². The van der Waals surface area contributed by atoms with Gasteiger partial charge in [-0.25, -0.2) is 0 Å². The van der Waals surface area contributed by atoms with Gasteiger partial charge >= 0.3 is 27.3 Å². The Bertz CT molecular complexity index is 274. The molecule has 2 rings (SSSR count). The summed E-state index contributed by atoms with van der Waals surface area (Å²) in [5.41, 5.74) is 0.626. The largest absolute Gasteiger partial charge is 2.00 e. The molecule has 0 saturated carbocycles. The molecule has 0 aromatic heterocycles. The fourth-order valence-electron chi connectivity index (χ4n) is 1.86. The summed E-state index contributed by atoms with van der Waals surface area (Å²) >= 11 is 0. The average molecular weight is 758 g/mol. The van der Waals surface area contributed by atoms with Crippen molar-refractivity contribution in [1.82, 2.24) is 0 Å². The molecular formula is C12H28Cd4N4O5-2. The quantitative estimate of drug-likeness (QED) is 0.182. The molecule has 2 heterocycles. The van der Waals surface area contributed by atoms with Gasteiger partial charge in [0.2, 0.25) is 0 Å². The topological polar surface area (TPSA) is 208 Å². The maximum Gasteiger partial charge on any atom is 2.00 e. The van der Waals surface area contributed by atoms with E-state index in [2.05, 4.69) is 10.6 Å².